The lowest BCUT2D eigenvalue weighted by Gasteiger charge is -2.34. The molecular formula is C19H22N4O. The highest BCUT2D eigenvalue weighted by Crippen LogP contribution is 2.31. The van der Waals surface area contributed by atoms with Gasteiger partial charge in [0.15, 0.2) is 5.65 Å². The molecule has 0 saturated carbocycles. The Morgan fingerprint density at radius 3 is 2.71 bits per heavy atom. The molecule has 1 fully saturated rings. The molecule has 0 radical (unpaired) electrons. The van der Waals surface area contributed by atoms with Crippen molar-refractivity contribution in [3.8, 4) is 0 Å². The number of aliphatic hydroxyl groups excluding tert-OH is 1. The average Bonchev–Trinajstić information content (AvgIpc) is 3.06. The molecule has 1 aromatic carbocycles. The molecule has 3 aromatic rings. The van der Waals surface area contributed by atoms with Crippen LogP contribution in [0, 0.1) is 5.92 Å². The minimum atomic E-state index is -0.352. The fourth-order valence-electron chi connectivity index (χ4n) is 3.59. The molecule has 2 aromatic heterocycles. The number of benzene rings is 1. The summed E-state index contributed by atoms with van der Waals surface area (Å²) in [6, 6.07) is 10.0. The van der Waals surface area contributed by atoms with Crippen molar-refractivity contribution in [2.75, 3.05) is 13.1 Å². The third-order valence-electron chi connectivity index (χ3n) is 5.00. The number of nitrogens with zero attached hydrogens (tertiary/aromatic N) is 4. The van der Waals surface area contributed by atoms with Crippen LogP contribution in [0.2, 0.25) is 0 Å². The van der Waals surface area contributed by atoms with Gasteiger partial charge in [0.1, 0.15) is 0 Å². The maximum absolute atomic E-state index is 10.6. The van der Waals surface area contributed by atoms with Gasteiger partial charge in [-0.1, -0.05) is 30.3 Å². The summed E-state index contributed by atoms with van der Waals surface area (Å²) in [5.74, 6) is 0.343. The maximum Gasteiger partial charge on any atom is 0.155 e. The van der Waals surface area contributed by atoms with Gasteiger partial charge in [0, 0.05) is 18.9 Å². The zero-order valence-electron chi connectivity index (χ0n) is 13.6. The Labute approximate surface area is 141 Å². The molecule has 0 aliphatic carbocycles. The standard InChI is InChI=1S/C19H22N4O/c24-19(15-4-2-1-3-5-15)16-6-9-22(10-7-16)14-17-12-21-18-13-20-8-11-23(17)18/h1-5,8,11-13,16,19,24H,6-7,9-10,14H2. The van der Waals surface area contributed by atoms with Crippen molar-refractivity contribution in [2.45, 2.75) is 25.5 Å². The van der Waals surface area contributed by atoms with E-state index in [9.17, 15) is 5.11 Å². The Bertz CT molecular complexity index is 793. The van der Waals surface area contributed by atoms with E-state index in [0.717, 1.165) is 43.7 Å². The van der Waals surface area contributed by atoms with Crippen LogP contribution in [0.25, 0.3) is 5.65 Å². The van der Waals surface area contributed by atoms with E-state index in [2.05, 4.69) is 19.3 Å². The summed E-state index contributed by atoms with van der Waals surface area (Å²) in [4.78, 5) is 10.9. The highest BCUT2D eigenvalue weighted by atomic mass is 16.3. The minimum absolute atomic E-state index is 0.343. The van der Waals surface area contributed by atoms with E-state index in [1.54, 1.807) is 12.4 Å². The van der Waals surface area contributed by atoms with Crippen molar-refractivity contribution in [1.29, 1.82) is 0 Å². The summed E-state index contributed by atoms with van der Waals surface area (Å²) >= 11 is 0. The molecule has 1 N–H and O–H groups in total. The lowest BCUT2D eigenvalue weighted by Crippen LogP contribution is -2.35. The van der Waals surface area contributed by atoms with Crippen molar-refractivity contribution in [1.82, 2.24) is 19.3 Å². The second-order valence-electron chi connectivity index (χ2n) is 6.52. The van der Waals surface area contributed by atoms with Gasteiger partial charge in [0.2, 0.25) is 0 Å². The summed E-state index contributed by atoms with van der Waals surface area (Å²) in [5, 5.41) is 10.6. The molecule has 124 valence electrons. The van der Waals surface area contributed by atoms with E-state index in [4.69, 9.17) is 0 Å². The van der Waals surface area contributed by atoms with E-state index < -0.39 is 0 Å². The summed E-state index contributed by atoms with van der Waals surface area (Å²) in [6.07, 6.45) is 9.16. The highest BCUT2D eigenvalue weighted by molar-refractivity contribution is 5.36. The largest absolute Gasteiger partial charge is 0.388 e. The Morgan fingerprint density at radius 2 is 1.92 bits per heavy atom. The fraction of sp³-hybridized carbons (Fsp3) is 0.368. The van der Waals surface area contributed by atoms with Crippen LogP contribution in [-0.4, -0.2) is 37.5 Å². The highest BCUT2D eigenvalue weighted by Gasteiger charge is 2.26. The number of hydrogen-bond acceptors (Lipinski definition) is 4. The Hall–Kier alpha value is -2.24. The van der Waals surface area contributed by atoms with Crippen molar-refractivity contribution in [3.63, 3.8) is 0 Å². The summed E-state index contributed by atoms with van der Waals surface area (Å²) in [6.45, 7) is 2.90. The zero-order chi connectivity index (χ0) is 16.4. The second kappa shape index (κ2) is 6.71. The number of rotatable bonds is 4. The first-order valence-electron chi connectivity index (χ1n) is 8.52. The first-order valence-corrected chi connectivity index (χ1v) is 8.52. The van der Waals surface area contributed by atoms with Gasteiger partial charge in [-0.25, -0.2) is 4.98 Å². The third kappa shape index (κ3) is 3.05. The predicted molar refractivity (Wildman–Crippen MR) is 92.4 cm³/mol. The molecule has 5 heteroatoms. The first-order chi connectivity index (χ1) is 11.8. The molecule has 0 bridgehead atoms. The van der Waals surface area contributed by atoms with Gasteiger partial charge in [0.05, 0.1) is 24.2 Å². The van der Waals surface area contributed by atoms with E-state index in [1.807, 2.05) is 42.7 Å². The predicted octanol–water partition coefficient (Wildman–Crippen LogP) is 2.67. The molecule has 1 aliphatic rings. The monoisotopic (exact) mass is 322 g/mol. The number of likely N-dealkylation sites (tertiary alicyclic amines) is 1. The van der Waals surface area contributed by atoms with Gasteiger partial charge in [-0.2, -0.15) is 0 Å². The molecular weight excluding hydrogens is 300 g/mol. The van der Waals surface area contributed by atoms with Crippen LogP contribution in [0.3, 0.4) is 0 Å². The first kappa shape index (κ1) is 15.3. The molecule has 1 saturated heterocycles. The van der Waals surface area contributed by atoms with Crippen LogP contribution in [0.5, 0.6) is 0 Å². The van der Waals surface area contributed by atoms with Gasteiger partial charge in [-0.05, 0) is 37.4 Å². The smallest absolute Gasteiger partial charge is 0.155 e. The van der Waals surface area contributed by atoms with Crippen molar-refractivity contribution in [2.24, 2.45) is 5.92 Å². The van der Waals surface area contributed by atoms with Gasteiger partial charge in [0.25, 0.3) is 0 Å². The molecule has 0 spiro atoms. The van der Waals surface area contributed by atoms with Crippen molar-refractivity contribution in [3.05, 3.63) is 66.4 Å². The third-order valence-corrected chi connectivity index (χ3v) is 5.00. The van der Waals surface area contributed by atoms with Crippen LogP contribution in [0.4, 0.5) is 0 Å². The van der Waals surface area contributed by atoms with E-state index in [0.29, 0.717) is 5.92 Å². The number of piperidine rings is 1. The van der Waals surface area contributed by atoms with E-state index in [1.165, 1.54) is 5.69 Å². The molecule has 24 heavy (non-hydrogen) atoms. The molecule has 3 heterocycles. The molecule has 1 unspecified atom stereocenters. The quantitative estimate of drug-likeness (QED) is 0.802. The van der Waals surface area contributed by atoms with Crippen molar-refractivity contribution >= 4 is 5.65 Å². The normalized spacial score (nSPS) is 18.0. The number of aromatic nitrogens is 3. The maximum atomic E-state index is 10.6. The lowest BCUT2D eigenvalue weighted by atomic mass is 9.87. The molecule has 1 atom stereocenters. The summed E-state index contributed by atoms with van der Waals surface area (Å²) in [7, 11) is 0. The molecule has 1 aliphatic heterocycles. The topological polar surface area (TPSA) is 53.7 Å². The number of hydrogen-bond donors (Lipinski definition) is 1. The van der Waals surface area contributed by atoms with Crippen molar-refractivity contribution < 1.29 is 5.11 Å². The van der Waals surface area contributed by atoms with E-state index in [-0.39, 0.29) is 6.10 Å². The van der Waals surface area contributed by atoms with Gasteiger partial charge < -0.3 is 5.11 Å². The fourth-order valence-corrected chi connectivity index (χ4v) is 3.59. The summed E-state index contributed by atoms with van der Waals surface area (Å²) < 4.78 is 2.10. The number of aliphatic hydroxyl groups is 1. The van der Waals surface area contributed by atoms with E-state index >= 15 is 0 Å². The number of fused-ring (bicyclic) bond motifs is 1. The molecule has 4 rings (SSSR count). The Morgan fingerprint density at radius 1 is 1.12 bits per heavy atom. The van der Waals surface area contributed by atoms with Gasteiger partial charge in [-0.3, -0.25) is 14.3 Å². The SMILES string of the molecule is OC(c1ccccc1)C1CCN(Cc2cnc3cnccn23)CC1. The minimum Gasteiger partial charge on any atom is -0.388 e. The van der Waals surface area contributed by atoms with Crippen LogP contribution in [0.15, 0.2) is 55.1 Å². The average molecular weight is 322 g/mol. The summed E-state index contributed by atoms with van der Waals surface area (Å²) in [5.41, 5.74) is 3.11. The Kier molecular flexibility index (Phi) is 4.28. The molecule has 0 amide bonds. The number of imidazole rings is 1. The van der Waals surface area contributed by atoms with Crippen LogP contribution >= 0.6 is 0 Å². The Balaban J connectivity index is 1.38. The van der Waals surface area contributed by atoms with Gasteiger partial charge in [-0.15, -0.1) is 0 Å². The lowest BCUT2D eigenvalue weighted by molar-refractivity contribution is 0.0564. The van der Waals surface area contributed by atoms with Crippen LogP contribution in [0.1, 0.15) is 30.2 Å². The zero-order valence-corrected chi connectivity index (χ0v) is 13.6. The van der Waals surface area contributed by atoms with Crippen LogP contribution in [-0.2, 0) is 6.54 Å². The van der Waals surface area contributed by atoms with Gasteiger partial charge >= 0.3 is 0 Å². The second-order valence-corrected chi connectivity index (χ2v) is 6.52. The molecule has 5 nitrogen and oxygen atoms in total. The van der Waals surface area contributed by atoms with Crippen LogP contribution < -0.4 is 0 Å².